The number of aromatic nitrogens is 6. The molecule has 1 aliphatic rings. The second kappa shape index (κ2) is 8.72. The highest BCUT2D eigenvalue weighted by molar-refractivity contribution is 6.31. The number of halogens is 4. The molecule has 0 fully saturated rings. The van der Waals surface area contributed by atoms with Crippen LogP contribution in [-0.4, -0.2) is 43.5 Å². The van der Waals surface area contributed by atoms with Crippen molar-refractivity contribution in [2.45, 2.75) is 19.3 Å². The minimum Gasteiger partial charge on any atom is -0.481 e. The van der Waals surface area contributed by atoms with Crippen molar-refractivity contribution < 1.29 is 22.6 Å². The summed E-state index contributed by atoms with van der Waals surface area (Å²) in [5.74, 6) is 6.31. The smallest absolute Gasteiger partial charge is 0.421 e. The lowest BCUT2D eigenvalue weighted by Gasteiger charge is -2.10. The molecule has 0 bridgehead atoms. The zero-order chi connectivity index (χ0) is 24.7. The molecule has 0 N–H and O–H groups in total. The second-order valence-corrected chi connectivity index (χ2v) is 8.00. The molecule has 0 atom stereocenters. The summed E-state index contributed by atoms with van der Waals surface area (Å²) in [7, 11) is 2.69. The van der Waals surface area contributed by atoms with Gasteiger partial charge in [0.1, 0.15) is 24.2 Å². The maximum atomic E-state index is 13.4. The lowest BCUT2D eigenvalue weighted by Crippen LogP contribution is -2.09. The van der Waals surface area contributed by atoms with Gasteiger partial charge in [-0.15, -0.1) is 10.2 Å². The fourth-order valence-electron chi connectivity index (χ4n) is 3.84. The first kappa shape index (κ1) is 22.9. The van der Waals surface area contributed by atoms with Crippen molar-refractivity contribution in [1.29, 1.82) is 0 Å². The van der Waals surface area contributed by atoms with E-state index in [-0.39, 0.29) is 12.2 Å². The standard InChI is InChI=1S/C23H16ClF3N6O2/c1-34-11-20-30-31-21-15-8-14(24)4-6-18(15)33-12-29-17(19(33)10-32(20)21)5-3-13-7-16(23(25,26)27)22(35-2)28-9-13/h4,6-9,12H,10-11H2,1-2H3. The van der Waals surface area contributed by atoms with E-state index in [0.29, 0.717) is 34.6 Å². The molecule has 4 aromatic rings. The van der Waals surface area contributed by atoms with E-state index in [2.05, 4.69) is 32.0 Å². The first-order chi connectivity index (χ1) is 16.8. The predicted octanol–water partition coefficient (Wildman–Crippen LogP) is 4.11. The number of hydrogen-bond acceptors (Lipinski definition) is 6. The number of pyridine rings is 1. The molecular formula is C23H16ClF3N6O2. The molecule has 178 valence electrons. The van der Waals surface area contributed by atoms with Crippen molar-refractivity contribution in [1.82, 2.24) is 29.3 Å². The van der Waals surface area contributed by atoms with E-state index in [9.17, 15) is 13.2 Å². The van der Waals surface area contributed by atoms with Crippen molar-refractivity contribution >= 4 is 11.6 Å². The van der Waals surface area contributed by atoms with Crippen LogP contribution in [0.4, 0.5) is 13.2 Å². The highest BCUT2D eigenvalue weighted by Crippen LogP contribution is 2.36. The Hall–Kier alpha value is -3.88. The molecule has 3 aromatic heterocycles. The van der Waals surface area contributed by atoms with Gasteiger partial charge in [0.25, 0.3) is 0 Å². The van der Waals surface area contributed by atoms with E-state index in [1.54, 1.807) is 25.6 Å². The largest absolute Gasteiger partial charge is 0.481 e. The number of hydrogen-bond donors (Lipinski definition) is 0. The van der Waals surface area contributed by atoms with Crippen LogP contribution < -0.4 is 4.74 Å². The van der Waals surface area contributed by atoms with Crippen LogP contribution in [0.15, 0.2) is 36.8 Å². The minimum atomic E-state index is -4.63. The predicted molar refractivity (Wildman–Crippen MR) is 119 cm³/mol. The van der Waals surface area contributed by atoms with E-state index in [4.69, 9.17) is 21.1 Å². The van der Waals surface area contributed by atoms with E-state index in [0.717, 1.165) is 24.4 Å². The topological polar surface area (TPSA) is 79.9 Å². The Morgan fingerprint density at radius 3 is 2.69 bits per heavy atom. The molecule has 5 rings (SSSR count). The average Bonchev–Trinajstić information content (AvgIpc) is 3.38. The molecule has 0 unspecified atom stereocenters. The Bertz CT molecular complexity index is 1500. The van der Waals surface area contributed by atoms with Crippen LogP contribution >= 0.6 is 11.6 Å². The van der Waals surface area contributed by atoms with Crippen molar-refractivity contribution in [2.75, 3.05) is 14.2 Å². The summed E-state index contributed by atoms with van der Waals surface area (Å²) >= 11 is 6.26. The van der Waals surface area contributed by atoms with Gasteiger partial charge in [-0.3, -0.25) is 4.57 Å². The Morgan fingerprint density at radius 2 is 1.94 bits per heavy atom. The Morgan fingerprint density at radius 1 is 1.11 bits per heavy atom. The highest BCUT2D eigenvalue weighted by Gasteiger charge is 2.35. The number of methoxy groups -OCH3 is 2. The fraction of sp³-hybridized carbons (Fsp3) is 0.217. The third kappa shape index (κ3) is 4.11. The summed E-state index contributed by atoms with van der Waals surface area (Å²) in [6.07, 6.45) is -1.80. The van der Waals surface area contributed by atoms with Gasteiger partial charge in [-0.25, -0.2) is 9.97 Å². The molecule has 0 amide bonds. The third-order valence-corrected chi connectivity index (χ3v) is 5.64. The molecule has 0 spiro atoms. The maximum Gasteiger partial charge on any atom is 0.421 e. The van der Waals surface area contributed by atoms with Gasteiger partial charge in [0.15, 0.2) is 11.6 Å². The van der Waals surface area contributed by atoms with E-state index in [1.807, 2.05) is 15.2 Å². The van der Waals surface area contributed by atoms with E-state index >= 15 is 0 Å². The van der Waals surface area contributed by atoms with Crippen LogP contribution in [-0.2, 0) is 24.1 Å². The Labute approximate surface area is 202 Å². The van der Waals surface area contributed by atoms with Crippen molar-refractivity contribution in [3.63, 3.8) is 0 Å². The van der Waals surface area contributed by atoms with Crippen LogP contribution in [0.3, 0.4) is 0 Å². The van der Waals surface area contributed by atoms with E-state index in [1.165, 1.54) is 6.20 Å². The average molecular weight is 501 g/mol. The monoisotopic (exact) mass is 500 g/mol. The lowest BCUT2D eigenvalue weighted by atomic mass is 10.1. The normalized spacial score (nSPS) is 12.2. The molecular weight excluding hydrogens is 485 g/mol. The molecule has 4 heterocycles. The summed E-state index contributed by atoms with van der Waals surface area (Å²) in [4.78, 5) is 8.16. The lowest BCUT2D eigenvalue weighted by molar-refractivity contribution is -0.139. The van der Waals surface area contributed by atoms with Gasteiger partial charge >= 0.3 is 6.18 Å². The number of ether oxygens (including phenoxy) is 2. The zero-order valence-corrected chi connectivity index (χ0v) is 19.1. The Balaban J connectivity index is 1.63. The number of fused-ring (bicyclic) bond motifs is 5. The van der Waals surface area contributed by atoms with Gasteiger partial charge in [0.2, 0.25) is 5.88 Å². The molecule has 8 nitrogen and oxygen atoms in total. The summed E-state index contributed by atoms with van der Waals surface area (Å²) < 4.78 is 53.8. The van der Waals surface area contributed by atoms with Gasteiger partial charge in [0.05, 0.1) is 25.0 Å². The van der Waals surface area contributed by atoms with Gasteiger partial charge in [-0.1, -0.05) is 17.5 Å². The number of rotatable bonds is 3. The van der Waals surface area contributed by atoms with Crippen LogP contribution in [0.2, 0.25) is 5.02 Å². The van der Waals surface area contributed by atoms with Crippen molar-refractivity contribution in [3.8, 4) is 34.8 Å². The quantitative estimate of drug-likeness (QED) is 0.347. The summed E-state index contributed by atoms with van der Waals surface area (Å²) in [5, 5.41) is 9.10. The van der Waals surface area contributed by atoms with Gasteiger partial charge in [-0.05, 0) is 30.2 Å². The number of nitrogens with zero attached hydrogens (tertiary/aromatic N) is 6. The van der Waals surface area contributed by atoms with Gasteiger partial charge in [0, 0.05) is 29.5 Å². The summed E-state index contributed by atoms with van der Waals surface area (Å²) in [6.45, 7) is 0.543. The van der Waals surface area contributed by atoms with Gasteiger partial charge < -0.3 is 14.0 Å². The van der Waals surface area contributed by atoms with E-state index < -0.39 is 17.6 Å². The number of imidazole rings is 1. The minimum absolute atomic E-state index is 0.0748. The highest BCUT2D eigenvalue weighted by atomic mass is 35.5. The van der Waals surface area contributed by atoms with Crippen LogP contribution in [0, 0.1) is 11.8 Å². The molecule has 0 saturated carbocycles. The summed E-state index contributed by atoms with van der Waals surface area (Å²) in [5.41, 5.74) is 1.68. The molecule has 35 heavy (non-hydrogen) atoms. The maximum absolute atomic E-state index is 13.4. The third-order valence-electron chi connectivity index (χ3n) is 5.41. The van der Waals surface area contributed by atoms with Crippen LogP contribution in [0.5, 0.6) is 5.88 Å². The Kier molecular flexibility index (Phi) is 5.70. The second-order valence-electron chi connectivity index (χ2n) is 7.56. The molecule has 0 aliphatic carbocycles. The molecule has 0 radical (unpaired) electrons. The van der Waals surface area contributed by atoms with Gasteiger partial charge in [-0.2, -0.15) is 13.2 Å². The van der Waals surface area contributed by atoms with Crippen LogP contribution in [0.25, 0.3) is 17.1 Å². The molecule has 1 aliphatic heterocycles. The molecule has 1 aromatic carbocycles. The van der Waals surface area contributed by atoms with Crippen molar-refractivity contribution in [2.24, 2.45) is 0 Å². The first-order valence-corrected chi connectivity index (χ1v) is 10.6. The number of benzene rings is 1. The fourth-order valence-corrected chi connectivity index (χ4v) is 4.01. The molecule has 0 saturated heterocycles. The SMILES string of the molecule is COCc1nnc2n1Cc1c(C#Cc3cnc(OC)c(C(F)(F)F)c3)ncn1-c1ccc(Cl)cc1-2. The van der Waals surface area contributed by atoms with Crippen molar-refractivity contribution in [3.05, 3.63) is 70.2 Å². The summed E-state index contributed by atoms with van der Waals surface area (Å²) in [6, 6.07) is 6.28. The first-order valence-electron chi connectivity index (χ1n) is 10.2. The molecule has 12 heteroatoms. The number of alkyl halides is 3. The van der Waals surface area contributed by atoms with Crippen LogP contribution in [0.1, 0.15) is 28.3 Å². The zero-order valence-electron chi connectivity index (χ0n) is 18.4.